The Morgan fingerprint density at radius 1 is 1.33 bits per heavy atom. The lowest BCUT2D eigenvalue weighted by molar-refractivity contribution is -0.173. The average molecular weight is 518 g/mol. The third kappa shape index (κ3) is 8.71. The van der Waals surface area contributed by atoms with Gasteiger partial charge >= 0.3 is 17.8 Å². The second-order valence-corrected chi connectivity index (χ2v) is 9.42. The average Bonchev–Trinajstić information content (AvgIpc) is 3.14. The molecular formula is C23H34F3N5O5. The van der Waals surface area contributed by atoms with Crippen LogP contribution in [0, 0.1) is 11.8 Å². The number of nitrogens with zero attached hydrogens (tertiary/aromatic N) is 4. The monoisotopic (exact) mass is 517 g/mol. The summed E-state index contributed by atoms with van der Waals surface area (Å²) >= 11 is 0. The van der Waals surface area contributed by atoms with Crippen LogP contribution in [-0.2, 0) is 9.53 Å². The van der Waals surface area contributed by atoms with E-state index in [9.17, 15) is 33.0 Å². The second kappa shape index (κ2) is 13.0. The second-order valence-electron chi connectivity index (χ2n) is 9.42. The molecule has 0 aliphatic carbocycles. The highest BCUT2D eigenvalue weighted by Crippen LogP contribution is 2.28. The molecule has 2 heterocycles. The maximum Gasteiger partial charge on any atom is 0.471 e. The number of aliphatic hydroxyl groups excluding tert-OH is 2. The van der Waals surface area contributed by atoms with Crippen LogP contribution in [0.25, 0.3) is 6.08 Å². The summed E-state index contributed by atoms with van der Waals surface area (Å²) in [5, 5.41) is 21.1. The number of carbonyl (C=O) groups is 1. The first-order chi connectivity index (χ1) is 16.8. The number of aromatic nitrogens is 2. The van der Waals surface area contributed by atoms with Gasteiger partial charge in [0.25, 0.3) is 0 Å². The van der Waals surface area contributed by atoms with Gasteiger partial charge in [0.1, 0.15) is 12.3 Å². The molecule has 0 radical (unpaired) electrons. The number of alkyl halides is 3. The normalized spacial score (nSPS) is 20.8. The van der Waals surface area contributed by atoms with Gasteiger partial charge in [0.15, 0.2) is 5.82 Å². The van der Waals surface area contributed by atoms with Crippen molar-refractivity contribution in [2.24, 2.45) is 16.8 Å². The number of aliphatic hydroxyl groups is 2. The minimum absolute atomic E-state index is 0.0319. The van der Waals surface area contributed by atoms with E-state index < -0.39 is 49.4 Å². The summed E-state index contributed by atoms with van der Waals surface area (Å²) < 4.78 is 43.9. The van der Waals surface area contributed by atoms with Crippen molar-refractivity contribution in [3.8, 4) is 0 Å². The fraction of sp³-hybridized carbons (Fsp3) is 0.652. The van der Waals surface area contributed by atoms with E-state index in [0.29, 0.717) is 24.9 Å². The van der Waals surface area contributed by atoms with E-state index in [1.165, 1.54) is 18.3 Å². The Bertz CT molecular complexity index is 983. The van der Waals surface area contributed by atoms with Gasteiger partial charge in [-0.05, 0) is 11.8 Å². The van der Waals surface area contributed by atoms with E-state index in [0.717, 1.165) is 4.57 Å². The molecule has 1 aromatic rings. The SMILES string of the molecule is CC(C)CN(C=Nc1nc(=O)n([C@H]2C[C@H](O)[C@@H](CO)O2)cc1/C=C/CNC(=O)C(F)(F)F)CC(C)C. The van der Waals surface area contributed by atoms with Crippen LogP contribution < -0.4 is 11.0 Å². The van der Waals surface area contributed by atoms with E-state index in [1.807, 2.05) is 4.90 Å². The van der Waals surface area contributed by atoms with Crippen LogP contribution >= 0.6 is 0 Å². The molecule has 10 nitrogen and oxygen atoms in total. The van der Waals surface area contributed by atoms with E-state index in [4.69, 9.17) is 4.74 Å². The number of nitrogens with one attached hydrogen (secondary N) is 1. The van der Waals surface area contributed by atoms with Crippen LogP contribution in [0.15, 0.2) is 22.1 Å². The van der Waals surface area contributed by atoms with Gasteiger partial charge in [-0.15, -0.1) is 0 Å². The Labute approximate surface area is 207 Å². The molecule has 0 bridgehead atoms. The van der Waals surface area contributed by atoms with Crippen molar-refractivity contribution >= 4 is 24.1 Å². The van der Waals surface area contributed by atoms with Crippen molar-refractivity contribution in [2.45, 2.75) is 58.7 Å². The van der Waals surface area contributed by atoms with Crippen molar-refractivity contribution in [3.05, 3.63) is 28.3 Å². The number of carbonyl (C=O) groups excluding carboxylic acids is 1. The Morgan fingerprint density at radius 2 is 1.97 bits per heavy atom. The lowest BCUT2D eigenvalue weighted by Gasteiger charge is -2.23. The molecule has 0 aromatic carbocycles. The maximum absolute atomic E-state index is 12.7. The van der Waals surface area contributed by atoms with Gasteiger partial charge in [-0.25, -0.2) is 9.79 Å². The van der Waals surface area contributed by atoms with Crippen molar-refractivity contribution in [1.82, 2.24) is 19.8 Å². The lowest BCUT2D eigenvalue weighted by atomic mass is 10.1. The van der Waals surface area contributed by atoms with Gasteiger partial charge in [0.2, 0.25) is 0 Å². The van der Waals surface area contributed by atoms with Crippen LogP contribution in [0.4, 0.5) is 19.0 Å². The Morgan fingerprint density at radius 3 is 2.50 bits per heavy atom. The molecule has 1 amide bonds. The lowest BCUT2D eigenvalue weighted by Crippen LogP contribution is -2.36. The predicted molar refractivity (Wildman–Crippen MR) is 128 cm³/mol. The van der Waals surface area contributed by atoms with Crippen LogP contribution in [0.1, 0.15) is 45.9 Å². The summed E-state index contributed by atoms with van der Waals surface area (Å²) in [5.41, 5.74) is -0.425. The molecule has 36 heavy (non-hydrogen) atoms. The van der Waals surface area contributed by atoms with Gasteiger partial charge in [0, 0.05) is 37.8 Å². The van der Waals surface area contributed by atoms with Gasteiger partial charge in [-0.3, -0.25) is 9.36 Å². The summed E-state index contributed by atoms with van der Waals surface area (Å²) in [6.45, 7) is 8.79. The predicted octanol–water partition coefficient (Wildman–Crippen LogP) is 1.85. The Balaban J connectivity index is 2.37. The molecule has 1 aliphatic heterocycles. The summed E-state index contributed by atoms with van der Waals surface area (Å²) in [4.78, 5) is 34.2. The van der Waals surface area contributed by atoms with E-state index in [2.05, 4.69) is 37.7 Å². The molecular weight excluding hydrogens is 483 g/mol. The number of hydrogen-bond donors (Lipinski definition) is 3. The third-order valence-electron chi connectivity index (χ3n) is 5.13. The smallest absolute Gasteiger partial charge is 0.394 e. The highest BCUT2D eigenvalue weighted by atomic mass is 19.4. The minimum Gasteiger partial charge on any atom is -0.394 e. The highest BCUT2D eigenvalue weighted by Gasteiger charge is 2.38. The Kier molecular flexibility index (Phi) is 10.6. The molecule has 3 N–H and O–H groups in total. The molecule has 1 fully saturated rings. The fourth-order valence-electron chi connectivity index (χ4n) is 3.63. The first-order valence-corrected chi connectivity index (χ1v) is 11.7. The van der Waals surface area contributed by atoms with E-state index >= 15 is 0 Å². The van der Waals surface area contributed by atoms with Crippen molar-refractivity contribution in [1.29, 1.82) is 0 Å². The number of ether oxygens (including phenoxy) is 1. The summed E-state index contributed by atoms with van der Waals surface area (Å²) in [6, 6.07) is 0. The van der Waals surface area contributed by atoms with E-state index in [1.54, 1.807) is 11.7 Å². The number of rotatable bonds is 11. The number of aliphatic imine (C=N–C) groups is 1. The van der Waals surface area contributed by atoms with Crippen molar-refractivity contribution in [3.63, 3.8) is 0 Å². The summed E-state index contributed by atoms with van der Waals surface area (Å²) in [5.74, 6) is -1.35. The molecule has 202 valence electrons. The fourth-order valence-corrected chi connectivity index (χ4v) is 3.63. The molecule has 1 saturated heterocycles. The van der Waals surface area contributed by atoms with Crippen LogP contribution in [-0.4, -0.2) is 81.5 Å². The molecule has 0 spiro atoms. The summed E-state index contributed by atoms with van der Waals surface area (Å²) in [6.07, 6.45) is -2.10. The van der Waals surface area contributed by atoms with Gasteiger partial charge in [-0.1, -0.05) is 39.8 Å². The molecule has 1 aliphatic rings. The molecule has 2 rings (SSSR count). The maximum atomic E-state index is 12.7. The van der Waals surface area contributed by atoms with Crippen molar-refractivity contribution < 1.29 is 32.9 Å². The first kappa shape index (κ1) is 29.5. The number of hydrogen-bond acceptors (Lipinski definition) is 7. The van der Waals surface area contributed by atoms with Crippen LogP contribution in [0.2, 0.25) is 0 Å². The van der Waals surface area contributed by atoms with Gasteiger partial charge in [-0.2, -0.15) is 18.2 Å². The zero-order chi connectivity index (χ0) is 27.0. The molecule has 0 unspecified atom stereocenters. The van der Waals surface area contributed by atoms with E-state index in [-0.39, 0.29) is 17.8 Å². The topological polar surface area (TPSA) is 129 Å². The highest BCUT2D eigenvalue weighted by molar-refractivity contribution is 5.81. The molecule has 3 atom stereocenters. The van der Waals surface area contributed by atoms with Gasteiger partial charge < -0.3 is 25.2 Å². The Hall–Kier alpha value is -2.77. The number of amides is 1. The van der Waals surface area contributed by atoms with Crippen LogP contribution in [0.5, 0.6) is 0 Å². The zero-order valence-corrected chi connectivity index (χ0v) is 20.8. The standard InChI is InChI=1S/C23H34F3N5O5/c1-14(2)9-30(10-15(3)4)13-28-20-16(6-5-7-27-21(34)23(24,25)26)11-31(22(35)29-20)19-8-17(33)18(12-32)36-19/h5-6,11,13-15,17-19,32-33H,7-10,12H2,1-4H3,(H,27,34)/b6-5+,28-13?/t17-,18+,19+/m0/s1. The number of halogens is 3. The quantitative estimate of drug-likeness (QED) is 0.302. The first-order valence-electron chi connectivity index (χ1n) is 11.7. The molecule has 13 heteroatoms. The zero-order valence-electron chi connectivity index (χ0n) is 20.8. The largest absolute Gasteiger partial charge is 0.471 e. The minimum atomic E-state index is -5.00. The van der Waals surface area contributed by atoms with Crippen LogP contribution in [0.3, 0.4) is 0 Å². The third-order valence-corrected chi connectivity index (χ3v) is 5.13. The molecule has 0 saturated carbocycles. The van der Waals surface area contributed by atoms with Gasteiger partial charge in [0.05, 0.1) is 19.0 Å². The molecule has 1 aromatic heterocycles. The summed E-state index contributed by atoms with van der Waals surface area (Å²) in [7, 11) is 0. The van der Waals surface area contributed by atoms with Crippen molar-refractivity contribution in [2.75, 3.05) is 26.2 Å².